The first-order valence-corrected chi connectivity index (χ1v) is 5.73. The highest BCUT2D eigenvalue weighted by Gasteiger charge is 2.36. The summed E-state index contributed by atoms with van der Waals surface area (Å²) in [5.74, 6) is -1.86. The number of nitrogen functional groups attached to an aromatic ring is 1. The molecule has 3 rings (SSSR count). The second-order valence-corrected chi connectivity index (χ2v) is 4.40. The van der Waals surface area contributed by atoms with E-state index in [2.05, 4.69) is 0 Å². The number of rotatable bonds is 0. The van der Waals surface area contributed by atoms with E-state index in [1.54, 1.807) is 30.3 Å². The molecule has 0 saturated heterocycles. The molecule has 0 spiro atoms. The normalized spacial score (nSPS) is 14.1. The number of amides is 3. The SMILES string of the molecule is CC(=O)N1C(=O)c2cccc3ccc(N)c(c23)C1=O. The zero-order valence-electron chi connectivity index (χ0n) is 10.1. The number of anilines is 1. The first kappa shape index (κ1) is 11.4. The first-order valence-electron chi connectivity index (χ1n) is 5.73. The number of nitrogens with two attached hydrogens (primary N) is 1. The van der Waals surface area contributed by atoms with Gasteiger partial charge in [-0.15, -0.1) is 0 Å². The third-order valence-corrected chi connectivity index (χ3v) is 3.24. The Kier molecular flexibility index (Phi) is 2.19. The van der Waals surface area contributed by atoms with Gasteiger partial charge in [0.05, 0.1) is 5.56 Å². The van der Waals surface area contributed by atoms with Crippen LogP contribution in [-0.2, 0) is 4.79 Å². The van der Waals surface area contributed by atoms with E-state index in [1.165, 1.54) is 6.92 Å². The van der Waals surface area contributed by atoms with E-state index in [-0.39, 0.29) is 11.3 Å². The van der Waals surface area contributed by atoms with Crippen LogP contribution in [0.25, 0.3) is 10.8 Å². The molecular weight excluding hydrogens is 244 g/mol. The Balaban J connectivity index is 2.47. The quantitative estimate of drug-likeness (QED) is 0.571. The number of carbonyl (C=O) groups excluding carboxylic acids is 3. The minimum absolute atomic E-state index is 0.225. The lowest BCUT2D eigenvalue weighted by Crippen LogP contribution is -2.43. The highest BCUT2D eigenvalue weighted by molar-refractivity contribution is 6.32. The smallest absolute Gasteiger partial charge is 0.270 e. The summed E-state index contributed by atoms with van der Waals surface area (Å²) in [7, 11) is 0. The molecule has 1 aliphatic rings. The van der Waals surface area contributed by atoms with Crippen molar-refractivity contribution < 1.29 is 14.4 Å². The number of hydrogen-bond donors (Lipinski definition) is 1. The minimum Gasteiger partial charge on any atom is -0.398 e. The Hall–Kier alpha value is -2.69. The predicted octanol–water partition coefficient (Wildman–Crippen LogP) is 1.56. The molecular formula is C14H10N2O3. The fourth-order valence-electron chi connectivity index (χ4n) is 2.41. The fraction of sp³-hybridized carbons (Fsp3) is 0.0714. The fourth-order valence-corrected chi connectivity index (χ4v) is 2.41. The molecule has 2 aromatic rings. The molecule has 0 radical (unpaired) electrons. The van der Waals surface area contributed by atoms with E-state index in [0.29, 0.717) is 15.8 Å². The maximum atomic E-state index is 12.3. The Morgan fingerprint density at radius 3 is 2.53 bits per heavy atom. The van der Waals surface area contributed by atoms with Crippen molar-refractivity contribution in [3.05, 3.63) is 41.5 Å². The molecule has 0 saturated carbocycles. The van der Waals surface area contributed by atoms with Gasteiger partial charge in [-0.1, -0.05) is 18.2 Å². The lowest BCUT2D eigenvalue weighted by molar-refractivity contribution is -0.124. The van der Waals surface area contributed by atoms with Crippen molar-refractivity contribution in [1.29, 1.82) is 0 Å². The van der Waals surface area contributed by atoms with E-state index >= 15 is 0 Å². The molecule has 0 aliphatic carbocycles. The van der Waals surface area contributed by atoms with Gasteiger partial charge >= 0.3 is 0 Å². The van der Waals surface area contributed by atoms with Crippen molar-refractivity contribution in [2.24, 2.45) is 0 Å². The second kappa shape index (κ2) is 3.65. The lowest BCUT2D eigenvalue weighted by Gasteiger charge is -2.25. The molecule has 2 aromatic carbocycles. The van der Waals surface area contributed by atoms with Crippen LogP contribution in [0.4, 0.5) is 5.69 Å². The van der Waals surface area contributed by atoms with Crippen molar-refractivity contribution in [2.45, 2.75) is 6.92 Å². The highest BCUT2D eigenvalue weighted by Crippen LogP contribution is 2.33. The molecule has 19 heavy (non-hydrogen) atoms. The average molecular weight is 254 g/mol. The molecule has 0 unspecified atom stereocenters. The standard InChI is InChI=1S/C14H10N2O3/c1-7(17)16-13(18)9-4-2-3-8-5-6-10(15)12(11(8)9)14(16)19/h2-6H,15H2,1H3. The molecule has 94 valence electrons. The topological polar surface area (TPSA) is 80.5 Å². The first-order chi connectivity index (χ1) is 9.02. The third kappa shape index (κ3) is 1.38. The van der Waals surface area contributed by atoms with Gasteiger partial charge in [-0.2, -0.15) is 0 Å². The van der Waals surface area contributed by atoms with Crippen molar-refractivity contribution in [2.75, 3.05) is 5.73 Å². The van der Waals surface area contributed by atoms with Crippen molar-refractivity contribution >= 4 is 34.2 Å². The van der Waals surface area contributed by atoms with Crippen molar-refractivity contribution in [1.82, 2.24) is 4.90 Å². The van der Waals surface area contributed by atoms with Gasteiger partial charge in [0.25, 0.3) is 11.8 Å². The van der Waals surface area contributed by atoms with Crippen LogP contribution in [0.5, 0.6) is 0 Å². The number of imide groups is 3. The largest absolute Gasteiger partial charge is 0.398 e. The van der Waals surface area contributed by atoms with Gasteiger partial charge in [-0.25, -0.2) is 4.90 Å². The summed E-state index contributed by atoms with van der Waals surface area (Å²) in [4.78, 5) is 36.6. The van der Waals surface area contributed by atoms with E-state index in [0.717, 1.165) is 5.39 Å². The van der Waals surface area contributed by atoms with E-state index in [1.807, 2.05) is 0 Å². The number of benzene rings is 2. The van der Waals surface area contributed by atoms with Crippen LogP contribution in [0.1, 0.15) is 27.6 Å². The zero-order valence-corrected chi connectivity index (χ0v) is 10.1. The van der Waals surface area contributed by atoms with E-state index in [4.69, 9.17) is 5.73 Å². The summed E-state index contributed by atoms with van der Waals surface area (Å²) in [6, 6.07) is 8.46. The van der Waals surface area contributed by atoms with Gasteiger partial charge in [-0.3, -0.25) is 14.4 Å². The maximum Gasteiger partial charge on any atom is 0.270 e. The lowest BCUT2D eigenvalue weighted by atomic mass is 9.93. The summed E-state index contributed by atoms with van der Waals surface area (Å²) >= 11 is 0. The van der Waals surface area contributed by atoms with Crippen molar-refractivity contribution in [3.63, 3.8) is 0 Å². The molecule has 0 atom stereocenters. The average Bonchev–Trinajstić information content (AvgIpc) is 2.36. The van der Waals surface area contributed by atoms with Crippen LogP contribution in [0.2, 0.25) is 0 Å². The zero-order chi connectivity index (χ0) is 13.7. The van der Waals surface area contributed by atoms with Crippen LogP contribution in [-0.4, -0.2) is 22.6 Å². The summed E-state index contributed by atoms with van der Waals surface area (Å²) < 4.78 is 0. The van der Waals surface area contributed by atoms with Crippen LogP contribution < -0.4 is 5.73 Å². The summed E-state index contributed by atoms with van der Waals surface area (Å²) in [5, 5.41) is 1.28. The Morgan fingerprint density at radius 2 is 1.84 bits per heavy atom. The number of hydrogen-bond acceptors (Lipinski definition) is 4. The van der Waals surface area contributed by atoms with E-state index in [9.17, 15) is 14.4 Å². The summed E-state index contributed by atoms with van der Waals surface area (Å²) in [6.07, 6.45) is 0. The van der Waals surface area contributed by atoms with Gasteiger partial charge in [0.1, 0.15) is 0 Å². The number of nitrogens with zero attached hydrogens (tertiary/aromatic N) is 1. The molecule has 0 bridgehead atoms. The van der Waals surface area contributed by atoms with E-state index < -0.39 is 17.7 Å². The molecule has 1 heterocycles. The van der Waals surface area contributed by atoms with Gasteiger partial charge in [0, 0.05) is 23.6 Å². The monoisotopic (exact) mass is 254 g/mol. The van der Waals surface area contributed by atoms with Gasteiger partial charge in [0.2, 0.25) is 5.91 Å². The van der Waals surface area contributed by atoms with Crippen LogP contribution in [0.3, 0.4) is 0 Å². The third-order valence-electron chi connectivity index (χ3n) is 3.24. The molecule has 3 amide bonds. The summed E-state index contributed by atoms with van der Waals surface area (Å²) in [5.41, 5.74) is 6.65. The van der Waals surface area contributed by atoms with Gasteiger partial charge in [0.15, 0.2) is 0 Å². The van der Waals surface area contributed by atoms with Crippen molar-refractivity contribution in [3.8, 4) is 0 Å². The molecule has 0 aromatic heterocycles. The molecule has 1 aliphatic heterocycles. The predicted molar refractivity (Wildman–Crippen MR) is 69.5 cm³/mol. The Labute approximate surface area is 108 Å². The van der Waals surface area contributed by atoms with Crippen LogP contribution in [0, 0.1) is 0 Å². The highest BCUT2D eigenvalue weighted by atomic mass is 16.2. The minimum atomic E-state index is -0.653. The Bertz CT molecular complexity index is 765. The van der Waals surface area contributed by atoms with Gasteiger partial charge in [-0.05, 0) is 17.5 Å². The molecule has 0 fully saturated rings. The second-order valence-electron chi connectivity index (χ2n) is 4.40. The van der Waals surface area contributed by atoms with Crippen LogP contribution in [0.15, 0.2) is 30.3 Å². The molecule has 5 heteroatoms. The van der Waals surface area contributed by atoms with Crippen LogP contribution >= 0.6 is 0 Å². The Morgan fingerprint density at radius 1 is 1.11 bits per heavy atom. The number of carbonyl (C=O) groups is 3. The molecule has 2 N–H and O–H groups in total. The maximum absolute atomic E-state index is 12.3. The molecule has 5 nitrogen and oxygen atoms in total. The summed E-state index contributed by atoms with van der Waals surface area (Å²) in [6.45, 7) is 1.18. The van der Waals surface area contributed by atoms with Gasteiger partial charge < -0.3 is 5.73 Å².